The second-order valence-electron chi connectivity index (χ2n) is 5.20. The van der Waals surface area contributed by atoms with Crippen LogP contribution in [0.15, 0.2) is 30.3 Å². The van der Waals surface area contributed by atoms with Crippen LogP contribution in [0.1, 0.15) is 63.9 Å². The van der Waals surface area contributed by atoms with Crippen molar-refractivity contribution in [3.05, 3.63) is 35.9 Å². The van der Waals surface area contributed by atoms with Gasteiger partial charge in [0, 0.05) is 5.38 Å². The van der Waals surface area contributed by atoms with E-state index in [1.807, 2.05) is 0 Å². The highest BCUT2D eigenvalue weighted by Gasteiger charge is 2.05. The number of alkyl halides is 1. The second kappa shape index (κ2) is 10.4. The van der Waals surface area contributed by atoms with Gasteiger partial charge in [0.15, 0.2) is 0 Å². The van der Waals surface area contributed by atoms with E-state index in [-0.39, 0.29) is 0 Å². The maximum absolute atomic E-state index is 6.38. The Labute approximate surface area is 118 Å². The van der Waals surface area contributed by atoms with E-state index < -0.39 is 0 Å². The van der Waals surface area contributed by atoms with E-state index in [4.69, 9.17) is 11.6 Å². The van der Waals surface area contributed by atoms with Crippen molar-refractivity contribution in [3.63, 3.8) is 0 Å². The molecule has 1 aromatic carbocycles. The molecule has 0 heterocycles. The number of rotatable bonds is 10. The Hall–Kier alpha value is -0.490. The van der Waals surface area contributed by atoms with E-state index in [1.165, 1.54) is 50.5 Å². The molecule has 0 aliphatic rings. The van der Waals surface area contributed by atoms with Gasteiger partial charge in [0.1, 0.15) is 0 Å². The van der Waals surface area contributed by atoms with Gasteiger partial charge in [0.2, 0.25) is 0 Å². The van der Waals surface area contributed by atoms with Gasteiger partial charge in [-0.2, -0.15) is 0 Å². The average molecular weight is 267 g/mol. The van der Waals surface area contributed by atoms with Crippen molar-refractivity contribution >= 4 is 11.6 Å². The highest BCUT2D eigenvalue weighted by molar-refractivity contribution is 6.20. The minimum absolute atomic E-state index is 0.308. The number of hydrogen-bond acceptors (Lipinski definition) is 0. The lowest BCUT2D eigenvalue weighted by Gasteiger charge is -2.09. The van der Waals surface area contributed by atoms with E-state index >= 15 is 0 Å². The number of halogens is 1. The van der Waals surface area contributed by atoms with Crippen LogP contribution in [0.4, 0.5) is 0 Å². The van der Waals surface area contributed by atoms with Gasteiger partial charge in [-0.15, -0.1) is 11.6 Å². The normalized spacial score (nSPS) is 12.6. The summed E-state index contributed by atoms with van der Waals surface area (Å²) >= 11 is 6.38. The molecular formula is C17H27Cl. The molecule has 0 aliphatic carbocycles. The van der Waals surface area contributed by atoms with Crippen LogP contribution in [0.3, 0.4) is 0 Å². The molecule has 1 atom stereocenters. The molecule has 0 bridgehead atoms. The van der Waals surface area contributed by atoms with Crippen molar-refractivity contribution in [1.29, 1.82) is 0 Å². The second-order valence-corrected chi connectivity index (χ2v) is 5.81. The molecule has 0 N–H and O–H groups in total. The molecule has 18 heavy (non-hydrogen) atoms. The minimum atomic E-state index is 0.308. The summed E-state index contributed by atoms with van der Waals surface area (Å²) in [6.07, 6.45) is 11.7. The lowest BCUT2D eigenvalue weighted by Crippen LogP contribution is -2.03. The monoisotopic (exact) mass is 266 g/mol. The molecule has 1 heteroatoms. The fourth-order valence-electron chi connectivity index (χ4n) is 2.29. The van der Waals surface area contributed by atoms with Gasteiger partial charge in [-0.25, -0.2) is 0 Å². The maximum atomic E-state index is 6.38. The van der Waals surface area contributed by atoms with Gasteiger partial charge >= 0.3 is 0 Å². The van der Waals surface area contributed by atoms with Crippen molar-refractivity contribution in [1.82, 2.24) is 0 Å². The van der Waals surface area contributed by atoms with Crippen LogP contribution in [0.5, 0.6) is 0 Å². The molecule has 0 spiro atoms. The Balaban J connectivity index is 1.99. The summed E-state index contributed by atoms with van der Waals surface area (Å²) in [6, 6.07) is 10.6. The van der Waals surface area contributed by atoms with E-state index in [2.05, 4.69) is 37.3 Å². The Morgan fingerprint density at radius 1 is 0.889 bits per heavy atom. The highest BCUT2D eigenvalue weighted by Crippen LogP contribution is 2.16. The molecule has 0 aromatic heterocycles. The molecule has 0 aliphatic heterocycles. The summed E-state index contributed by atoms with van der Waals surface area (Å²) in [5.41, 5.74) is 1.36. The van der Waals surface area contributed by atoms with Crippen LogP contribution in [0.25, 0.3) is 0 Å². The van der Waals surface area contributed by atoms with Crippen LogP contribution in [0.2, 0.25) is 0 Å². The van der Waals surface area contributed by atoms with Crippen molar-refractivity contribution in [2.75, 3.05) is 0 Å². The van der Waals surface area contributed by atoms with E-state index in [9.17, 15) is 0 Å². The van der Waals surface area contributed by atoms with Gasteiger partial charge in [0.25, 0.3) is 0 Å². The average Bonchev–Trinajstić information content (AvgIpc) is 2.39. The first-order valence-corrected chi connectivity index (χ1v) is 7.94. The molecule has 0 amide bonds. The molecule has 102 valence electrons. The van der Waals surface area contributed by atoms with Crippen LogP contribution >= 0.6 is 11.6 Å². The summed E-state index contributed by atoms with van der Waals surface area (Å²) in [6.45, 7) is 2.27. The Morgan fingerprint density at radius 2 is 1.50 bits per heavy atom. The first-order valence-electron chi connectivity index (χ1n) is 7.51. The molecule has 0 radical (unpaired) electrons. The van der Waals surface area contributed by atoms with E-state index in [0.717, 1.165) is 12.8 Å². The topological polar surface area (TPSA) is 0 Å². The van der Waals surface area contributed by atoms with Crippen LogP contribution in [-0.4, -0.2) is 5.38 Å². The Morgan fingerprint density at radius 3 is 2.17 bits per heavy atom. The third-order valence-corrected chi connectivity index (χ3v) is 3.79. The van der Waals surface area contributed by atoms with Crippen LogP contribution in [-0.2, 0) is 6.42 Å². The fraction of sp³-hybridized carbons (Fsp3) is 0.647. The predicted octanol–water partition coefficient (Wildman–Crippen LogP) is 5.98. The van der Waals surface area contributed by atoms with Gasteiger partial charge in [-0.1, -0.05) is 82.2 Å². The zero-order valence-corrected chi connectivity index (χ0v) is 12.5. The first kappa shape index (κ1) is 15.6. The van der Waals surface area contributed by atoms with Crippen molar-refractivity contribution in [2.24, 2.45) is 0 Å². The summed E-state index contributed by atoms with van der Waals surface area (Å²) in [5.74, 6) is 0. The molecule has 1 rings (SSSR count). The predicted molar refractivity (Wildman–Crippen MR) is 82.4 cm³/mol. The van der Waals surface area contributed by atoms with E-state index in [1.54, 1.807) is 0 Å². The lowest BCUT2D eigenvalue weighted by atomic mass is 10.0. The van der Waals surface area contributed by atoms with Crippen LogP contribution < -0.4 is 0 Å². The number of benzene rings is 1. The van der Waals surface area contributed by atoms with E-state index in [0.29, 0.717) is 5.38 Å². The SMILES string of the molecule is CCCCCCCCCC(Cl)Cc1ccccc1. The van der Waals surface area contributed by atoms with Gasteiger partial charge in [0.05, 0.1) is 0 Å². The first-order chi connectivity index (χ1) is 8.83. The molecule has 0 nitrogen and oxygen atoms in total. The van der Waals surface area contributed by atoms with Crippen molar-refractivity contribution in [3.8, 4) is 0 Å². The van der Waals surface area contributed by atoms with Gasteiger partial charge in [-0.3, -0.25) is 0 Å². The van der Waals surface area contributed by atoms with Crippen LogP contribution in [0, 0.1) is 0 Å². The van der Waals surface area contributed by atoms with Crippen molar-refractivity contribution in [2.45, 2.75) is 70.1 Å². The van der Waals surface area contributed by atoms with Crippen molar-refractivity contribution < 1.29 is 0 Å². The molecule has 0 fully saturated rings. The smallest absolute Gasteiger partial charge is 0.0376 e. The molecule has 0 saturated heterocycles. The third-order valence-electron chi connectivity index (χ3n) is 3.42. The Bertz CT molecular complexity index is 281. The molecule has 1 unspecified atom stereocenters. The third kappa shape index (κ3) is 7.76. The lowest BCUT2D eigenvalue weighted by molar-refractivity contribution is 0.567. The molecule has 0 saturated carbocycles. The molecule has 1 aromatic rings. The number of unbranched alkanes of at least 4 members (excludes halogenated alkanes) is 6. The van der Waals surface area contributed by atoms with Gasteiger partial charge in [-0.05, 0) is 18.4 Å². The van der Waals surface area contributed by atoms with Gasteiger partial charge < -0.3 is 0 Å². The summed E-state index contributed by atoms with van der Waals surface area (Å²) in [5, 5.41) is 0.308. The zero-order chi connectivity index (χ0) is 13.1. The summed E-state index contributed by atoms with van der Waals surface area (Å²) in [7, 11) is 0. The largest absolute Gasteiger partial charge is 0.123 e. The zero-order valence-electron chi connectivity index (χ0n) is 11.7. The Kier molecular flexibility index (Phi) is 9.02. The molecular weight excluding hydrogens is 240 g/mol. The number of hydrogen-bond donors (Lipinski definition) is 0. The standard InChI is InChI=1S/C17H27Cl/c1-2-3-4-5-6-7-11-14-17(18)15-16-12-9-8-10-13-16/h8-10,12-13,17H,2-7,11,14-15H2,1H3. The minimum Gasteiger partial charge on any atom is -0.123 e. The quantitative estimate of drug-likeness (QED) is 0.361. The summed E-state index contributed by atoms with van der Waals surface area (Å²) < 4.78 is 0. The highest BCUT2D eigenvalue weighted by atomic mass is 35.5. The maximum Gasteiger partial charge on any atom is 0.0376 e. The summed E-state index contributed by atoms with van der Waals surface area (Å²) in [4.78, 5) is 0. The fourth-order valence-corrected chi connectivity index (χ4v) is 2.63.